The number of rotatable bonds is 5. The molecule has 1 saturated carbocycles. The summed E-state index contributed by atoms with van der Waals surface area (Å²) in [4.78, 5) is 25.5. The zero-order valence-corrected chi connectivity index (χ0v) is 15.7. The standard InChI is InChI=1S/C19H26BNO6/c1-12-15(7-6-14-9-27-20(24)16(12)14)17(22)21-19(10-25-11-19)18(23)26-8-13-4-2-3-5-13/h7,13-14,24H,2-6,8-11H2,1H3,(H,21,22). The first-order valence-corrected chi connectivity index (χ1v) is 9.78. The third kappa shape index (κ3) is 3.46. The first-order valence-electron chi connectivity index (χ1n) is 9.78. The Balaban J connectivity index is 1.42. The Hall–Kier alpha value is -1.64. The van der Waals surface area contributed by atoms with Crippen molar-refractivity contribution in [2.45, 2.75) is 44.6 Å². The molecule has 0 bridgehead atoms. The Bertz CT molecular complexity index is 692. The number of ether oxygens (including phenoxy) is 2. The van der Waals surface area contributed by atoms with Gasteiger partial charge in [-0.15, -0.1) is 0 Å². The number of hydrogen-bond donors (Lipinski definition) is 2. The molecule has 4 rings (SSSR count). The van der Waals surface area contributed by atoms with Gasteiger partial charge in [0.2, 0.25) is 0 Å². The van der Waals surface area contributed by atoms with Gasteiger partial charge in [0.05, 0.1) is 19.8 Å². The van der Waals surface area contributed by atoms with Crippen molar-refractivity contribution in [3.63, 3.8) is 0 Å². The normalized spacial score (nSPS) is 27.1. The molecule has 2 aliphatic carbocycles. The van der Waals surface area contributed by atoms with E-state index < -0.39 is 18.6 Å². The van der Waals surface area contributed by atoms with Crippen molar-refractivity contribution in [2.75, 3.05) is 26.4 Å². The van der Waals surface area contributed by atoms with Gasteiger partial charge < -0.3 is 24.5 Å². The van der Waals surface area contributed by atoms with Crippen LogP contribution in [0.15, 0.2) is 22.7 Å². The molecule has 2 heterocycles. The first-order chi connectivity index (χ1) is 13.0. The van der Waals surface area contributed by atoms with Crippen LogP contribution >= 0.6 is 0 Å². The summed E-state index contributed by atoms with van der Waals surface area (Å²) in [6, 6.07) is 0. The molecule has 1 atom stereocenters. The average molecular weight is 375 g/mol. The van der Waals surface area contributed by atoms with E-state index in [2.05, 4.69) is 5.32 Å². The predicted molar refractivity (Wildman–Crippen MR) is 97.4 cm³/mol. The lowest BCUT2D eigenvalue weighted by molar-refractivity contribution is -0.175. The molecule has 1 unspecified atom stereocenters. The molecule has 0 spiro atoms. The van der Waals surface area contributed by atoms with Crippen LogP contribution in [0.3, 0.4) is 0 Å². The van der Waals surface area contributed by atoms with Crippen molar-refractivity contribution in [1.82, 2.24) is 5.32 Å². The molecule has 2 N–H and O–H groups in total. The molecule has 8 heteroatoms. The van der Waals surface area contributed by atoms with Gasteiger partial charge in [0.15, 0.2) is 5.54 Å². The summed E-state index contributed by atoms with van der Waals surface area (Å²) in [5.74, 6) is -0.207. The highest BCUT2D eigenvalue weighted by Crippen LogP contribution is 2.36. The lowest BCUT2D eigenvalue weighted by Gasteiger charge is -2.40. The second-order valence-electron chi connectivity index (χ2n) is 8.09. The van der Waals surface area contributed by atoms with E-state index in [0.717, 1.165) is 23.9 Å². The fourth-order valence-corrected chi connectivity index (χ4v) is 4.45. The second kappa shape index (κ2) is 7.41. The van der Waals surface area contributed by atoms with Crippen LogP contribution in [0.5, 0.6) is 0 Å². The maximum Gasteiger partial charge on any atom is 0.487 e. The highest BCUT2D eigenvalue weighted by molar-refractivity contribution is 6.53. The smallest absolute Gasteiger partial charge is 0.464 e. The molecule has 0 radical (unpaired) electrons. The molecule has 3 fully saturated rings. The maximum atomic E-state index is 12.9. The number of carbonyl (C=O) groups excluding carboxylic acids is 2. The van der Waals surface area contributed by atoms with Gasteiger partial charge in [0.1, 0.15) is 0 Å². The molecule has 1 amide bonds. The van der Waals surface area contributed by atoms with Crippen LogP contribution in [0.25, 0.3) is 0 Å². The zero-order valence-electron chi connectivity index (χ0n) is 15.7. The lowest BCUT2D eigenvalue weighted by atomic mass is 9.68. The number of nitrogens with one attached hydrogen (secondary N) is 1. The quantitative estimate of drug-likeness (QED) is 0.548. The lowest BCUT2D eigenvalue weighted by Crippen LogP contribution is -2.68. The van der Waals surface area contributed by atoms with Gasteiger partial charge in [0.25, 0.3) is 5.91 Å². The van der Waals surface area contributed by atoms with E-state index in [-0.39, 0.29) is 25.0 Å². The van der Waals surface area contributed by atoms with E-state index >= 15 is 0 Å². The van der Waals surface area contributed by atoms with Crippen molar-refractivity contribution in [3.05, 3.63) is 22.7 Å². The summed E-state index contributed by atoms with van der Waals surface area (Å²) in [5, 5.41) is 12.8. The number of esters is 1. The van der Waals surface area contributed by atoms with Crippen molar-refractivity contribution in [3.8, 4) is 0 Å². The SMILES string of the molecule is CC1=C2B(O)OCC2CC=C1C(=O)NC1(C(=O)OCC2CCCC2)COC1. The van der Waals surface area contributed by atoms with Crippen molar-refractivity contribution in [1.29, 1.82) is 0 Å². The van der Waals surface area contributed by atoms with E-state index in [4.69, 9.17) is 14.1 Å². The molecule has 0 aromatic rings. The molecular formula is C19H26BNO6. The van der Waals surface area contributed by atoms with Gasteiger partial charge in [-0.3, -0.25) is 4.79 Å². The number of carbonyl (C=O) groups is 2. The summed E-state index contributed by atoms with van der Waals surface area (Å²) < 4.78 is 16.0. The predicted octanol–water partition coefficient (Wildman–Crippen LogP) is 0.918. The molecule has 4 aliphatic rings. The highest BCUT2D eigenvalue weighted by atomic mass is 16.6. The number of fused-ring (bicyclic) bond motifs is 1. The van der Waals surface area contributed by atoms with Crippen LogP contribution in [0.1, 0.15) is 39.0 Å². The van der Waals surface area contributed by atoms with Crippen LogP contribution in [-0.2, 0) is 23.7 Å². The van der Waals surface area contributed by atoms with Crippen LogP contribution in [0, 0.1) is 11.8 Å². The van der Waals surface area contributed by atoms with E-state index in [1.54, 1.807) is 0 Å². The molecule has 2 aliphatic heterocycles. The van der Waals surface area contributed by atoms with Gasteiger partial charge in [0, 0.05) is 18.1 Å². The largest absolute Gasteiger partial charge is 0.487 e. The van der Waals surface area contributed by atoms with Gasteiger partial charge >= 0.3 is 13.1 Å². The first kappa shape index (κ1) is 18.7. The van der Waals surface area contributed by atoms with Crippen LogP contribution in [-0.4, -0.2) is 56.0 Å². The summed E-state index contributed by atoms with van der Waals surface area (Å²) in [7, 11) is -0.955. The summed E-state index contributed by atoms with van der Waals surface area (Å²) >= 11 is 0. The van der Waals surface area contributed by atoms with Crippen LogP contribution < -0.4 is 5.32 Å². The fraction of sp³-hybridized carbons (Fsp3) is 0.684. The average Bonchev–Trinajstić information content (AvgIpc) is 3.26. The molecule has 7 nitrogen and oxygen atoms in total. The highest BCUT2D eigenvalue weighted by Gasteiger charge is 2.50. The van der Waals surface area contributed by atoms with E-state index in [9.17, 15) is 14.6 Å². The number of allylic oxidation sites excluding steroid dienone is 1. The monoisotopic (exact) mass is 375 g/mol. The summed E-state index contributed by atoms with van der Waals surface area (Å²) in [6.45, 7) is 2.93. The third-order valence-electron chi connectivity index (χ3n) is 6.21. The van der Waals surface area contributed by atoms with Gasteiger partial charge in [-0.05, 0) is 43.1 Å². The Labute approximate surface area is 159 Å². The van der Waals surface area contributed by atoms with Gasteiger partial charge in [-0.1, -0.05) is 18.9 Å². The van der Waals surface area contributed by atoms with E-state index in [1.807, 2.05) is 13.0 Å². The Kier molecular flexibility index (Phi) is 5.14. The zero-order chi connectivity index (χ0) is 19.0. The van der Waals surface area contributed by atoms with Crippen molar-refractivity contribution < 1.29 is 28.7 Å². The molecule has 0 aromatic carbocycles. The molecular weight excluding hydrogens is 349 g/mol. The molecule has 27 heavy (non-hydrogen) atoms. The van der Waals surface area contributed by atoms with E-state index in [1.165, 1.54) is 12.8 Å². The topological polar surface area (TPSA) is 94.1 Å². The van der Waals surface area contributed by atoms with Crippen molar-refractivity contribution in [2.24, 2.45) is 11.8 Å². The molecule has 0 aromatic heterocycles. The molecule has 2 saturated heterocycles. The van der Waals surface area contributed by atoms with Gasteiger partial charge in [-0.2, -0.15) is 0 Å². The van der Waals surface area contributed by atoms with Crippen LogP contribution in [0.4, 0.5) is 0 Å². The Morgan fingerprint density at radius 1 is 1.37 bits per heavy atom. The number of hydrogen-bond acceptors (Lipinski definition) is 6. The van der Waals surface area contributed by atoms with E-state index in [0.29, 0.717) is 31.1 Å². The minimum absolute atomic E-state index is 0.119. The van der Waals surface area contributed by atoms with Gasteiger partial charge in [-0.25, -0.2) is 4.79 Å². The molecule has 146 valence electrons. The minimum atomic E-state index is -1.11. The summed E-state index contributed by atoms with van der Waals surface area (Å²) in [6.07, 6.45) is 7.06. The fourth-order valence-electron chi connectivity index (χ4n) is 4.45. The summed E-state index contributed by atoms with van der Waals surface area (Å²) in [5.41, 5.74) is 0.873. The minimum Gasteiger partial charge on any atom is -0.464 e. The van der Waals surface area contributed by atoms with Crippen molar-refractivity contribution >= 4 is 19.0 Å². The maximum absolute atomic E-state index is 12.9. The number of amides is 1. The Morgan fingerprint density at radius 2 is 2.11 bits per heavy atom. The Morgan fingerprint density at radius 3 is 2.78 bits per heavy atom. The van der Waals surface area contributed by atoms with Crippen LogP contribution in [0.2, 0.25) is 0 Å². The third-order valence-corrected chi connectivity index (χ3v) is 6.21. The second-order valence-corrected chi connectivity index (χ2v) is 8.09.